The lowest BCUT2D eigenvalue weighted by molar-refractivity contribution is 0.0962. The smallest absolute Gasteiger partial charge is 0.251 e. The SMILES string of the molecule is CNC(=O)c1ccc(C)cc1-c1ccc(C(C)=O)cc1. The zero-order valence-corrected chi connectivity index (χ0v) is 11.9. The van der Waals surface area contributed by atoms with E-state index in [-0.39, 0.29) is 11.7 Å². The van der Waals surface area contributed by atoms with Gasteiger partial charge in [-0.2, -0.15) is 0 Å². The Morgan fingerprint density at radius 3 is 2.20 bits per heavy atom. The Bertz CT molecular complexity index is 657. The van der Waals surface area contributed by atoms with E-state index >= 15 is 0 Å². The number of carbonyl (C=O) groups is 2. The monoisotopic (exact) mass is 267 g/mol. The van der Waals surface area contributed by atoms with Crippen molar-refractivity contribution < 1.29 is 9.59 Å². The van der Waals surface area contributed by atoms with Gasteiger partial charge in [-0.15, -0.1) is 0 Å². The van der Waals surface area contributed by atoms with Crippen molar-refractivity contribution in [2.45, 2.75) is 13.8 Å². The van der Waals surface area contributed by atoms with Crippen LogP contribution in [0.1, 0.15) is 33.2 Å². The summed E-state index contributed by atoms with van der Waals surface area (Å²) in [6, 6.07) is 13.0. The minimum absolute atomic E-state index is 0.0346. The van der Waals surface area contributed by atoms with E-state index in [1.165, 1.54) is 6.92 Å². The summed E-state index contributed by atoms with van der Waals surface area (Å²) in [6.45, 7) is 3.53. The third-order valence-corrected chi connectivity index (χ3v) is 3.25. The molecule has 2 aromatic rings. The van der Waals surface area contributed by atoms with Crippen LogP contribution in [0, 0.1) is 6.92 Å². The highest BCUT2D eigenvalue weighted by molar-refractivity contribution is 6.01. The maximum absolute atomic E-state index is 11.9. The Balaban J connectivity index is 2.53. The van der Waals surface area contributed by atoms with E-state index in [2.05, 4.69) is 5.32 Å². The quantitative estimate of drug-likeness (QED) is 0.868. The normalized spacial score (nSPS) is 10.2. The van der Waals surface area contributed by atoms with Gasteiger partial charge in [-0.05, 0) is 31.0 Å². The summed E-state index contributed by atoms with van der Waals surface area (Å²) in [5.74, 6) is -0.0806. The van der Waals surface area contributed by atoms with Crippen molar-refractivity contribution in [3.05, 3.63) is 59.2 Å². The predicted octanol–water partition coefficient (Wildman–Crippen LogP) is 3.22. The van der Waals surface area contributed by atoms with Crippen molar-refractivity contribution >= 4 is 11.7 Å². The molecule has 20 heavy (non-hydrogen) atoms. The summed E-state index contributed by atoms with van der Waals surface area (Å²) < 4.78 is 0. The molecule has 3 heteroatoms. The molecule has 0 spiro atoms. The van der Waals surface area contributed by atoms with E-state index in [0.717, 1.165) is 16.7 Å². The van der Waals surface area contributed by atoms with Crippen LogP contribution in [0.4, 0.5) is 0 Å². The van der Waals surface area contributed by atoms with Gasteiger partial charge >= 0.3 is 0 Å². The van der Waals surface area contributed by atoms with Gasteiger partial charge in [0.1, 0.15) is 0 Å². The van der Waals surface area contributed by atoms with Crippen LogP contribution < -0.4 is 5.32 Å². The molecule has 102 valence electrons. The van der Waals surface area contributed by atoms with Crippen LogP contribution in [0.25, 0.3) is 11.1 Å². The van der Waals surface area contributed by atoms with Crippen molar-refractivity contribution in [3.8, 4) is 11.1 Å². The highest BCUT2D eigenvalue weighted by Crippen LogP contribution is 2.25. The molecule has 0 saturated carbocycles. The first-order valence-corrected chi connectivity index (χ1v) is 6.47. The van der Waals surface area contributed by atoms with Crippen LogP contribution in [-0.2, 0) is 0 Å². The molecule has 1 N–H and O–H groups in total. The third kappa shape index (κ3) is 2.77. The molecule has 0 heterocycles. The summed E-state index contributed by atoms with van der Waals surface area (Å²) in [6.07, 6.45) is 0. The predicted molar refractivity (Wildman–Crippen MR) is 80.0 cm³/mol. The second kappa shape index (κ2) is 5.70. The molecule has 0 aromatic heterocycles. The summed E-state index contributed by atoms with van der Waals surface area (Å²) in [5, 5.41) is 2.65. The number of aryl methyl sites for hydroxylation is 1. The molecule has 0 aliphatic heterocycles. The molecule has 0 unspecified atom stereocenters. The lowest BCUT2D eigenvalue weighted by atomic mass is 9.96. The molecule has 1 amide bonds. The number of amides is 1. The number of hydrogen-bond acceptors (Lipinski definition) is 2. The van der Waals surface area contributed by atoms with Gasteiger partial charge in [-0.25, -0.2) is 0 Å². The lowest BCUT2D eigenvalue weighted by Crippen LogP contribution is -2.18. The first kappa shape index (κ1) is 14.0. The minimum atomic E-state index is -0.115. The summed E-state index contributed by atoms with van der Waals surface area (Å²) >= 11 is 0. The topological polar surface area (TPSA) is 46.2 Å². The number of nitrogens with one attached hydrogen (secondary N) is 1. The minimum Gasteiger partial charge on any atom is -0.355 e. The van der Waals surface area contributed by atoms with E-state index < -0.39 is 0 Å². The first-order valence-electron chi connectivity index (χ1n) is 6.47. The fourth-order valence-electron chi connectivity index (χ4n) is 2.11. The molecule has 2 rings (SSSR count). The Labute approximate surface area is 118 Å². The van der Waals surface area contributed by atoms with Gasteiger partial charge in [0.2, 0.25) is 0 Å². The fraction of sp³-hybridized carbons (Fsp3) is 0.176. The van der Waals surface area contributed by atoms with Gasteiger partial charge in [0.25, 0.3) is 5.91 Å². The molecular weight excluding hydrogens is 250 g/mol. The van der Waals surface area contributed by atoms with E-state index in [4.69, 9.17) is 0 Å². The van der Waals surface area contributed by atoms with Gasteiger partial charge < -0.3 is 5.32 Å². The summed E-state index contributed by atoms with van der Waals surface area (Å²) in [5.41, 5.74) is 4.19. The summed E-state index contributed by atoms with van der Waals surface area (Å²) in [7, 11) is 1.62. The lowest BCUT2D eigenvalue weighted by Gasteiger charge is -2.10. The maximum Gasteiger partial charge on any atom is 0.251 e. The maximum atomic E-state index is 11.9. The van der Waals surface area contributed by atoms with Crippen LogP contribution in [0.2, 0.25) is 0 Å². The Morgan fingerprint density at radius 2 is 1.65 bits per heavy atom. The van der Waals surface area contributed by atoms with E-state index in [1.807, 2.05) is 37.3 Å². The number of benzene rings is 2. The molecule has 0 aliphatic rings. The van der Waals surface area contributed by atoms with Crippen LogP contribution >= 0.6 is 0 Å². The second-order valence-electron chi connectivity index (χ2n) is 4.76. The zero-order chi connectivity index (χ0) is 14.7. The highest BCUT2D eigenvalue weighted by Gasteiger charge is 2.12. The van der Waals surface area contributed by atoms with Gasteiger partial charge in [0, 0.05) is 18.2 Å². The third-order valence-electron chi connectivity index (χ3n) is 3.25. The van der Waals surface area contributed by atoms with E-state index in [0.29, 0.717) is 11.1 Å². The molecule has 2 aromatic carbocycles. The van der Waals surface area contributed by atoms with Crippen molar-refractivity contribution in [3.63, 3.8) is 0 Å². The number of ketones is 1. The largest absolute Gasteiger partial charge is 0.355 e. The van der Waals surface area contributed by atoms with Crippen LogP contribution in [0.5, 0.6) is 0 Å². The van der Waals surface area contributed by atoms with Gasteiger partial charge in [0.15, 0.2) is 5.78 Å². The van der Waals surface area contributed by atoms with Crippen molar-refractivity contribution in [2.24, 2.45) is 0 Å². The fourth-order valence-corrected chi connectivity index (χ4v) is 2.11. The van der Waals surface area contributed by atoms with Crippen molar-refractivity contribution in [1.29, 1.82) is 0 Å². The molecule has 0 saturated heterocycles. The van der Waals surface area contributed by atoms with Gasteiger partial charge in [-0.1, -0.05) is 42.0 Å². The van der Waals surface area contributed by atoms with Gasteiger partial charge in [-0.3, -0.25) is 9.59 Å². The van der Waals surface area contributed by atoms with Crippen molar-refractivity contribution in [2.75, 3.05) is 7.05 Å². The Morgan fingerprint density at radius 1 is 1.00 bits per heavy atom. The average molecular weight is 267 g/mol. The molecule has 0 atom stereocenters. The molecule has 0 aliphatic carbocycles. The molecule has 3 nitrogen and oxygen atoms in total. The number of rotatable bonds is 3. The molecule has 0 fully saturated rings. The van der Waals surface area contributed by atoms with E-state index in [9.17, 15) is 9.59 Å². The number of hydrogen-bond donors (Lipinski definition) is 1. The van der Waals surface area contributed by atoms with Crippen LogP contribution in [-0.4, -0.2) is 18.7 Å². The average Bonchev–Trinajstić information content (AvgIpc) is 2.46. The highest BCUT2D eigenvalue weighted by atomic mass is 16.1. The number of carbonyl (C=O) groups excluding carboxylic acids is 2. The number of Topliss-reactive ketones (excluding diaryl/α,β-unsaturated/α-hetero) is 1. The van der Waals surface area contributed by atoms with Crippen LogP contribution in [0.15, 0.2) is 42.5 Å². The van der Waals surface area contributed by atoms with Crippen molar-refractivity contribution in [1.82, 2.24) is 5.32 Å². The molecule has 0 radical (unpaired) electrons. The Kier molecular flexibility index (Phi) is 3.99. The molecule has 0 bridgehead atoms. The molecular formula is C17H17NO2. The first-order chi connectivity index (χ1) is 9.52. The second-order valence-corrected chi connectivity index (χ2v) is 4.76. The summed E-state index contributed by atoms with van der Waals surface area (Å²) in [4.78, 5) is 23.2. The standard InChI is InChI=1S/C17H17NO2/c1-11-4-9-15(17(20)18-3)16(10-11)14-7-5-13(6-8-14)12(2)19/h4-10H,1-3H3,(H,18,20). The van der Waals surface area contributed by atoms with E-state index in [1.54, 1.807) is 19.2 Å². The Hall–Kier alpha value is -2.42. The van der Waals surface area contributed by atoms with Crippen LogP contribution in [0.3, 0.4) is 0 Å². The zero-order valence-electron chi connectivity index (χ0n) is 11.9. The van der Waals surface area contributed by atoms with Gasteiger partial charge in [0.05, 0.1) is 0 Å².